The van der Waals surface area contributed by atoms with Gasteiger partial charge in [-0.1, -0.05) is 45.0 Å². The number of nitrogens with one attached hydrogen (secondary N) is 1. The van der Waals surface area contributed by atoms with E-state index >= 15 is 0 Å². The van der Waals surface area contributed by atoms with Crippen LogP contribution in [0.15, 0.2) is 29.1 Å². The van der Waals surface area contributed by atoms with Crippen LogP contribution in [0, 0.1) is 6.92 Å². The number of nitrogens with zero attached hydrogens (tertiary/aromatic N) is 2. The number of aromatic nitrogens is 2. The van der Waals surface area contributed by atoms with Crippen LogP contribution in [-0.4, -0.2) is 20.8 Å². The van der Waals surface area contributed by atoms with Gasteiger partial charge in [0.25, 0.3) is 11.5 Å². The molecule has 1 aromatic carbocycles. The van der Waals surface area contributed by atoms with Crippen molar-refractivity contribution in [2.24, 2.45) is 0 Å². The summed E-state index contributed by atoms with van der Waals surface area (Å²) in [5, 5.41) is 0. The highest BCUT2D eigenvalue weighted by Gasteiger charge is 2.47. The minimum atomic E-state index is -0.335. The van der Waals surface area contributed by atoms with E-state index in [4.69, 9.17) is 0 Å². The third-order valence-electron chi connectivity index (χ3n) is 5.36. The first kappa shape index (κ1) is 16.1. The minimum absolute atomic E-state index is 0.0785. The zero-order valence-corrected chi connectivity index (χ0v) is 15.1. The lowest BCUT2D eigenvalue weighted by molar-refractivity contribution is 0.0693. The molecule has 0 saturated carbocycles. The summed E-state index contributed by atoms with van der Waals surface area (Å²) >= 11 is 0. The minimum Gasteiger partial charge on any atom is -0.324 e. The van der Waals surface area contributed by atoms with E-state index in [9.17, 15) is 9.59 Å². The fourth-order valence-electron chi connectivity index (χ4n) is 4.14. The first-order chi connectivity index (χ1) is 11.8. The van der Waals surface area contributed by atoms with Crippen molar-refractivity contribution >= 4 is 5.91 Å². The number of aryl methyl sites for hydroxylation is 1. The first-order valence-corrected chi connectivity index (χ1v) is 8.82. The number of carbonyl (C=O) groups excluding carboxylic acids is 1. The third kappa shape index (κ3) is 2.33. The molecule has 0 radical (unpaired) electrons. The number of H-pyrrole nitrogens is 1. The largest absolute Gasteiger partial charge is 0.324 e. The van der Waals surface area contributed by atoms with E-state index in [0.717, 1.165) is 12.8 Å². The molecule has 1 N–H and O–H groups in total. The van der Waals surface area contributed by atoms with Crippen LogP contribution in [0.2, 0.25) is 0 Å². The molecule has 1 amide bonds. The first-order valence-electron chi connectivity index (χ1n) is 8.82. The number of hydrogen-bond donors (Lipinski definition) is 1. The topological polar surface area (TPSA) is 66.1 Å². The van der Waals surface area contributed by atoms with Crippen molar-refractivity contribution in [1.29, 1.82) is 0 Å². The number of hydrogen-bond acceptors (Lipinski definition) is 3. The molecule has 5 heteroatoms. The highest BCUT2D eigenvalue weighted by atomic mass is 16.2. The average Bonchev–Trinajstić information content (AvgIpc) is 3.10. The van der Waals surface area contributed by atoms with Crippen molar-refractivity contribution in [1.82, 2.24) is 14.9 Å². The number of amides is 1. The van der Waals surface area contributed by atoms with Gasteiger partial charge in [0.05, 0.1) is 17.8 Å². The van der Waals surface area contributed by atoms with Crippen molar-refractivity contribution in [3.8, 4) is 0 Å². The maximum atomic E-state index is 13.2. The Morgan fingerprint density at radius 1 is 1.16 bits per heavy atom. The molecule has 5 nitrogen and oxygen atoms in total. The van der Waals surface area contributed by atoms with E-state index < -0.39 is 0 Å². The average molecular weight is 337 g/mol. The van der Waals surface area contributed by atoms with Gasteiger partial charge < -0.3 is 9.88 Å². The molecule has 1 aromatic heterocycles. The van der Waals surface area contributed by atoms with Crippen LogP contribution in [0.5, 0.6) is 0 Å². The molecule has 0 unspecified atom stereocenters. The van der Waals surface area contributed by atoms with Crippen LogP contribution in [0.3, 0.4) is 0 Å². The van der Waals surface area contributed by atoms with Gasteiger partial charge in [0.2, 0.25) is 0 Å². The zero-order chi connectivity index (χ0) is 17.9. The zero-order valence-electron chi connectivity index (χ0n) is 15.1. The molecule has 2 bridgehead atoms. The van der Waals surface area contributed by atoms with E-state index in [2.05, 4.69) is 22.1 Å². The monoisotopic (exact) mass is 337 g/mol. The Balaban J connectivity index is 1.76. The van der Waals surface area contributed by atoms with Crippen molar-refractivity contribution in [2.75, 3.05) is 0 Å². The van der Waals surface area contributed by atoms with Crippen molar-refractivity contribution in [2.45, 2.75) is 58.0 Å². The fraction of sp³-hybridized carbons (Fsp3) is 0.450. The normalized spacial score (nSPS) is 21.5. The molecule has 2 aromatic rings. The third-order valence-corrected chi connectivity index (χ3v) is 5.36. The molecule has 1 fully saturated rings. The van der Waals surface area contributed by atoms with Crippen molar-refractivity contribution < 1.29 is 4.79 Å². The van der Waals surface area contributed by atoms with Crippen molar-refractivity contribution in [3.63, 3.8) is 0 Å². The number of aromatic amines is 1. The van der Waals surface area contributed by atoms with Gasteiger partial charge in [0, 0.05) is 5.41 Å². The van der Waals surface area contributed by atoms with E-state index in [1.54, 1.807) is 6.92 Å². The quantitative estimate of drug-likeness (QED) is 0.867. The summed E-state index contributed by atoms with van der Waals surface area (Å²) in [7, 11) is 0. The lowest BCUT2D eigenvalue weighted by Crippen LogP contribution is -2.35. The van der Waals surface area contributed by atoms with Gasteiger partial charge in [-0.2, -0.15) is 0 Å². The van der Waals surface area contributed by atoms with Gasteiger partial charge in [-0.3, -0.25) is 9.59 Å². The molecular formula is C20H23N3O2. The smallest absolute Gasteiger partial charge is 0.264 e. The maximum Gasteiger partial charge on any atom is 0.264 e. The molecule has 130 valence electrons. The molecule has 3 heterocycles. The summed E-state index contributed by atoms with van der Waals surface area (Å²) in [6.45, 7) is 7.72. The van der Waals surface area contributed by atoms with Crippen molar-refractivity contribution in [3.05, 3.63) is 62.8 Å². The summed E-state index contributed by atoms with van der Waals surface area (Å²) in [5.41, 5.74) is 2.53. The summed E-state index contributed by atoms with van der Waals surface area (Å²) in [5.74, 6) is 0.412. The molecule has 2 aliphatic rings. The summed E-state index contributed by atoms with van der Waals surface area (Å²) < 4.78 is 0. The number of fused-ring (bicyclic) bond motifs is 5. The van der Waals surface area contributed by atoms with E-state index in [0.29, 0.717) is 11.5 Å². The van der Waals surface area contributed by atoms with E-state index in [1.807, 2.05) is 37.8 Å². The fourth-order valence-corrected chi connectivity index (χ4v) is 4.14. The highest BCUT2D eigenvalue weighted by molar-refractivity contribution is 5.96. The Bertz CT molecular complexity index is 892. The van der Waals surface area contributed by atoms with E-state index in [1.165, 1.54) is 11.1 Å². The van der Waals surface area contributed by atoms with Gasteiger partial charge in [0.1, 0.15) is 11.4 Å². The van der Waals surface area contributed by atoms with Crippen LogP contribution in [0.4, 0.5) is 0 Å². The summed E-state index contributed by atoms with van der Waals surface area (Å²) in [4.78, 5) is 35.1. The van der Waals surface area contributed by atoms with Gasteiger partial charge in [-0.15, -0.1) is 0 Å². The van der Waals surface area contributed by atoms with Crippen LogP contribution in [-0.2, 0) is 5.41 Å². The summed E-state index contributed by atoms with van der Waals surface area (Å²) in [6, 6.07) is 8.37. The van der Waals surface area contributed by atoms with E-state index in [-0.39, 0.29) is 34.5 Å². The molecular weight excluding hydrogens is 314 g/mol. The molecule has 2 atom stereocenters. The second-order valence-electron chi connectivity index (χ2n) is 8.08. The molecule has 25 heavy (non-hydrogen) atoms. The SMILES string of the molecule is Cc1nc(C(C)(C)C)[nH]c(=O)c1C(=O)N1[C@@H]2CC[C@H]1c1ccccc12. The van der Waals surface area contributed by atoms with Crippen LogP contribution >= 0.6 is 0 Å². The van der Waals surface area contributed by atoms with Gasteiger partial charge in [-0.25, -0.2) is 4.98 Å². The molecule has 0 spiro atoms. The second kappa shape index (κ2) is 5.28. The standard InChI is InChI=1S/C20H23N3O2/c1-11-16(17(24)22-19(21-11)20(2,3)4)18(25)23-14-9-10-15(23)13-8-6-5-7-12(13)14/h5-8,14-15H,9-10H2,1-4H3,(H,21,22,24)/t14-,15+. The van der Waals surface area contributed by atoms with Crippen LogP contribution in [0.1, 0.15) is 78.7 Å². The van der Waals surface area contributed by atoms with Crippen LogP contribution in [0.25, 0.3) is 0 Å². The molecule has 0 aliphatic carbocycles. The molecule has 2 aliphatic heterocycles. The Morgan fingerprint density at radius 3 is 2.20 bits per heavy atom. The predicted octanol–water partition coefficient (Wildman–Crippen LogP) is 3.41. The Kier molecular flexibility index (Phi) is 3.39. The molecule has 1 saturated heterocycles. The second-order valence-corrected chi connectivity index (χ2v) is 8.08. The summed E-state index contributed by atoms with van der Waals surface area (Å²) in [6.07, 6.45) is 1.91. The lowest BCUT2D eigenvalue weighted by atomic mass is 9.92. The Labute approximate surface area is 147 Å². The number of carbonyl (C=O) groups is 1. The Hall–Kier alpha value is -2.43. The predicted molar refractivity (Wildman–Crippen MR) is 95.6 cm³/mol. The Morgan fingerprint density at radius 2 is 1.72 bits per heavy atom. The maximum absolute atomic E-state index is 13.2. The lowest BCUT2D eigenvalue weighted by Gasteiger charge is -2.24. The highest BCUT2D eigenvalue weighted by Crippen LogP contribution is 2.53. The van der Waals surface area contributed by atoms with Gasteiger partial charge in [-0.05, 0) is 30.9 Å². The van der Waals surface area contributed by atoms with Crippen LogP contribution < -0.4 is 5.56 Å². The van der Waals surface area contributed by atoms with Gasteiger partial charge >= 0.3 is 0 Å². The number of rotatable bonds is 1. The molecule has 4 rings (SSSR count). The van der Waals surface area contributed by atoms with Gasteiger partial charge in [0.15, 0.2) is 0 Å². The number of benzene rings is 1.